The Morgan fingerprint density at radius 3 is 2.47 bits per heavy atom. The lowest BCUT2D eigenvalue weighted by molar-refractivity contribution is -0.137. The number of hydrogen-bond donors (Lipinski definition) is 1. The monoisotopic (exact) mass is 296 g/mol. The predicted octanol–water partition coefficient (Wildman–Crippen LogP) is 2.56. The van der Waals surface area contributed by atoms with Crippen LogP contribution in [0, 0.1) is 0 Å². The molecule has 0 aliphatic carbocycles. The maximum absolute atomic E-state index is 12.5. The zero-order valence-corrected chi connectivity index (χ0v) is 11.1. The molecule has 19 heavy (non-hydrogen) atoms. The highest BCUT2D eigenvalue weighted by Crippen LogP contribution is 2.31. The Morgan fingerprint density at radius 1 is 1.32 bits per heavy atom. The second-order valence-corrected chi connectivity index (χ2v) is 6.67. The number of halogens is 3. The lowest BCUT2D eigenvalue weighted by Gasteiger charge is -2.13. The highest BCUT2D eigenvalue weighted by Gasteiger charge is 2.30. The van der Waals surface area contributed by atoms with E-state index in [-0.39, 0.29) is 24.2 Å². The summed E-state index contributed by atoms with van der Waals surface area (Å²) >= 11 is 0. The molecule has 0 saturated heterocycles. The Kier molecular flexibility index (Phi) is 4.98. The minimum Gasteiger partial charge on any atom is -0.388 e. The maximum Gasteiger partial charge on any atom is 0.416 e. The van der Waals surface area contributed by atoms with Gasteiger partial charge in [-0.15, -0.1) is 0 Å². The van der Waals surface area contributed by atoms with Gasteiger partial charge >= 0.3 is 6.18 Å². The fourth-order valence-corrected chi connectivity index (χ4v) is 2.32. The van der Waals surface area contributed by atoms with Crippen molar-refractivity contribution in [1.29, 1.82) is 0 Å². The Morgan fingerprint density at radius 2 is 1.95 bits per heavy atom. The van der Waals surface area contributed by atoms with Gasteiger partial charge in [0.25, 0.3) is 0 Å². The van der Waals surface area contributed by atoms with E-state index in [1.165, 1.54) is 12.1 Å². The smallest absolute Gasteiger partial charge is 0.388 e. The molecule has 0 heterocycles. The van der Waals surface area contributed by atoms with E-state index in [4.69, 9.17) is 0 Å². The van der Waals surface area contributed by atoms with E-state index >= 15 is 0 Å². The van der Waals surface area contributed by atoms with Crippen LogP contribution in [0.5, 0.6) is 0 Å². The summed E-state index contributed by atoms with van der Waals surface area (Å²) in [6.45, 7) is 0. The third-order valence-electron chi connectivity index (χ3n) is 2.59. The van der Waals surface area contributed by atoms with Gasteiger partial charge in [-0.05, 0) is 30.5 Å². The number of benzene rings is 1. The van der Waals surface area contributed by atoms with Crippen LogP contribution >= 0.6 is 0 Å². The Labute approximate surface area is 110 Å². The van der Waals surface area contributed by atoms with Gasteiger partial charge < -0.3 is 5.11 Å². The predicted molar refractivity (Wildman–Crippen MR) is 65.3 cm³/mol. The molecule has 7 heteroatoms. The van der Waals surface area contributed by atoms with Gasteiger partial charge in [0.15, 0.2) is 0 Å². The summed E-state index contributed by atoms with van der Waals surface area (Å²) in [6.07, 6.45) is -4.17. The first-order valence-corrected chi connectivity index (χ1v) is 7.68. The highest BCUT2D eigenvalue weighted by atomic mass is 32.2. The van der Waals surface area contributed by atoms with Crippen LogP contribution in [0.25, 0.3) is 0 Å². The van der Waals surface area contributed by atoms with Gasteiger partial charge in [0, 0.05) is 12.0 Å². The molecule has 1 rings (SSSR count). The molecule has 0 aliphatic heterocycles. The van der Waals surface area contributed by atoms with E-state index in [9.17, 15) is 26.7 Å². The quantitative estimate of drug-likeness (QED) is 0.908. The molecule has 0 saturated carbocycles. The number of hydrogen-bond acceptors (Lipinski definition) is 3. The van der Waals surface area contributed by atoms with Crippen molar-refractivity contribution >= 4 is 9.84 Å². The molecular formula is C12H15F3O3S. The SMILES string of the molecule is CS(=O)(=O)CCCC(O)c1cccc(C(F)(F)F)c1. The average Bonchev–Trinajstić information content (AvgIpc) is 2.26. The zero-order chi connectivity index (χ0) is 14.7. The highest BCUT2D eigenvalue weighted by molar-refractivity contribution is 7.90. The molecule has 0 amide bonds. The molecule has 0 bridgehead atoms. The fraction of sp³-hybridized carbons (Fsp3) is 0.500. The minimum absolute atomic E-state index is 0.0942. The third-order valence-corrected chi connectivity index (χ3v) is 3.62. The minimum atomic E-state index is -4.46. The van der Waals surface area contributed by atoms with Gasteiger partial charge in [-0.3, -0.25) is 0 Å². The second-order valence-electron chi connectivity index (χ2n) is 4.41. The van der Waals surface area contributed by atoms with Crippen molar-refractivity contribution < 1.29 is 26.7 Å². The Bertz CT molecular complexity index is 523. The molecule has 0 aliphatic rings. The van der Waals surface area contributed by atoms with Gasteiger partial charge in [-0.25, -0.2) is 8.42 Å². The number of aliphatic hydroxyl groups is 1. The van der Waals surface area contributed by atoms with E-state index in [1.54, 1.807) is 0 Å². The van der Waals surface area contributed by atoms with Gasteiger partial charge in [-0.1, -0.05) is 12.1 Å². The van der Waals surface area contributed by atoms with Crippen LogP contribution in [0.2, 0.25) is 0 Å². The molecule has 0 radical (unpaired) electrons. The summed E-state index contributed by atoms with van der Waals surface area (Å²) in [5, 5.41) is 9.75. The first kappa shape index (κ1) is 16.0. The van der Waals surface area contributed by atoms with Crippen molar-refractivity contribution in [3.63, 3.8) is 0 Å². The van der Waals surface area contributed by atoms with Crippen molar-refractivity contribution in [2.75, 3.05) is 12.0 Å². The second kappa shape index (κ2) is 5.92. The molecular weight excluding hydrogens is 281 g/mol. The number of sulfone groups is 1. The molecule has 1 unspecified atom stereocenters. The van der Waals surface area contributed by atoms with Crippen molar-refractivity contribution in [2.24, 2.45) is 0 Å². The Balaban J connectivity index is 2.70. The van der Waals surface area contributed by atoms with E-state index in [1.807, 2.05) is 0 Å². The van der Waals surface area contributed by atoms with Crippen molar-refractivity contribution in [2.45, 2.75) is 25.1 Å². The molecule has 1 aromatic carbocycles. The van der Waals surface area contributed by atoms with Crippen molar-refractivity contribution in [3.8, 4) is 0 Å². The third kappa shape index (κ3) is 5.61. The lowest BCUT2D eigenvalue weighted by atomic mass is 10.0. The average molecular weight is 296 g/mol. The molecule has 0 aromatic heterocycles. The summed E-state index contributed by atoms with van der Waals surface area (Å²) in [6, 6.07) is 4.41. The first-order chi connectivity index (χ1) is 8.59. The van der Waals surface area contributed by atoms with Crippen LogP contribution in [0.1, 0.15) is 30.1 Å². The lowest BCUT2D eigenvalue weighted by Crippen LogP contribution is -2.08. The number of rotatable bonds is 5. The molecule has 0 fully saturated rings. The van der Waals surface area contributed by atoms with Gasteiger partial charge in [0.05, 0.1) is 11.7 Å². The molecule has 1 aromatic rings. The fourth-order valence-electron chi connectivity index (χ4n) is 1.63. The topological polar surface area (TPSA) is 54.4 Å². The summed E-state index contributed by atoms with van der Waals surface area (Å²) in [5.41, 5.74) is -0.685. The van der Waals surface area contributed by atoms with Crippen LogP contribution in [-0.2, 0) is 16.0 Å². The van der Waals surface area contributed by atoms with E-state index < -0.39 is 27.7 Å². The molecule has 1 atom stereocenters. The van der Waals surface area contributed by atoms with Crippen LogP contribution in [0.15, 0.2) is 24.3 Å². The largest absolute Gasteiger partial charge is 0.416 e. The Hall–Kier alpha value is -1.08. The number of alkyl halides is 3. The van der Waals surface area contributed by atoms with Crippen LogP contribution in [0.4, 0.5) is 13.2 Å². The van der Waals surface area contributed by atoms with Crippen molar-refractivity contribution in [1.82, 2.24) is 0 Å². The summed E-state index contributed by atoms with van der Waals surface area (Å²) < 4.78 is 59.2. The van der Waals surface area contributed by atoms with Crippen molar-refractivity contribution in [3.05, 3.63) is 35.4 Å². The molecule has 1 N–H and O–H groups in total. The van der Waals surface area contributed by atoms with Gasteiger partial charge in [0.2, 0.25) is 0 Å². The van der Waals surface area contributed by atoms with Gasteiger partial charge in [-0.2, -0.15) is 13.2 Å². The number of aliphatic hydroxyl groups excluding tert-OH is 1. The van der Waals surface area contributed by atoms with Crippen LogP contribution < -0.4 is 0 Å². The standard InChI is InChI=1S/C12H15F3O3S/c1-19(17,18)7-3-6-11(16)9-4-2-5-10(8-9)12(13,14)15/h2,4-5,8,11,16H,3,6-7H2,1H3. The summed E-state index contributed by atoms with van der Waals surface area (Å²) in [7, 11) is -3.12. The molecule has 0 spiro atoms. The zero-order valence-electron chi connectivity index (χ0n) is 10.3. The van der Waals surface area contributed by atoms with E-state index in [0.717, 1.165) is 18.4 Å². The first-order valence-electron chi connectivity index (χ1n) is 5.62. The molecule has 108 valence electrons. The summed E-state index contributed by atoms with van der Waals surface area (Å²) in [5.74, 6) is -0.0942. The van der Waals surface area contributed by atoms with Crippen LogP contribution in [0.3, 0.4) is 0 Å². The normalized spacial score (nSPS) is 14.4. The molecule has 3 nitrogen and oxygen atoms in total. The van der Waals surface area contributed by atoms with E-state index in [2.05, 4.69) is 0 Å². The van der Waals surface area contributed by atoms with Gasteiger partial charge in [0.1, 0.15) is 9.84 Å². The summed E-state index contributed by atoms with van der Waals surface area (Å²) in [4.78, 5) is 0. The van der Waals surface area contributed by atoms with Crippen LogP contribution in [-0.4, -0.2) is 25.5 Å². The maximum atomic E-state index is 12.5. The van der Waals surface area contributed by atoms with E-state index in [0.29, 0.717) is 0 Å².